The Hall–Kier alpha value is -1.38. The van der Waals surface area contributed by atoms with Gasteiger partial charge in [-0.2, -0.15) is 0 Å². The summed E-state index contributed by atoms with van der Waals surface area (Å²) in [6, 6.07) is 0. The Morgan fingerprint density at radius 1 is 0.511 bits per heavy atom. The van der Waals surface area contributed by atoms with Gasteiger partial charge in [0.25, 0.3) is 0 Å². The summed E-state index contributed by atoms with van der Waals surface area (Å²) in [6.07, 6.45) is -35.2. The van der Waals surface area contributed by atoms with Crippen molar-refractivity contribution in [3.8, 4) is 0 Å². The first-order valence-electron chi connectivity index (χ1n) is 31.4. The number of hydrogen-bond donors (Lipinski definition) is 18. The number of aliphatic hydroxyl groups is 18. The third-order valence-corrected chi connectivity index (χ3v) is 23.1. The highest BCUT2D eigenvalue weighted by Gasteiger charge is 2.72. The summed E-state index contributed by atoms with van der Waals surface area (Å²) in [4.78, 5) is 0. The normalized spacial score (nSPS) is 53.2. The molecular weight excluding hydrogens is 1170 g/mol. The van der Waals surface area contributed by atoms with Crippen LogP contribution < -0.4 is 0 Å². The zero-order valence-corrected chi connectivity index (χ0v) is 51.5. The van der Waals surface area contributed by atoms with E-state index in [-0.39, 0.29) is 35.7 Å². The Bertz CT molecular complexity index is 2320. The second kappa shape index (κ2) is 27.4. The number of ether oxygens (including phenoxy) is 10. The second-order valence-corrected chi connectivity index (χ2v) is 28.5. The fourth-order valence-corrected chi connectivity index (χ4v) is 17.6. The van der Waals surface area contributed by atoms with E-state index in [1.54, 1.807) is 6.92 Å². The molecule has 0 spiro atoms. The monoisotopic (exact) mass is 1270 g/mol. The van der Waals surface area contributed by atoms with Crippen LogP contribution in [0, 0.1) is 45.3 Å². The highest BCUT2D eigenvalue weighted by Crippen LogP contribution is 2.76. The quantitative estimate of drug-likeness (QED) is 0.0429. The number of hydrogen-bond acceptors (Lipinski definition) is 28. The molecule has 9 aliphatic rings. The van der Waals surface area contributed by atoms with Gasteiger partial charge in [-0.05, 0) is 124 Å². The van der Waals surface area contributed by atoms with Gasteiger partial charge in [-0.1, -0.05) is 46.3 Å². The van der Waals surface area contributed by atoms with Crippen LogP contribution in [0.5, 0.6) is 0 Å². The van der Waals surface area contributed by atoms with Crippen molar-refractivity contribution in [2.24, 2.45) is 45.3 Å². The van der Waals surface area contributed by atoms with E-state index >= 15 is 0 Å². The Labute approximate surface area is 512 Å². The minimum absolute atomic E-state index is 0.0488. The van der Waals surface area contributed by atoms with Gasteiger partial charge < -0.3 is 139 Å². The molecule has 9 rings (SSSR count). The van der Waals surface area contributed by atoms with Gasteiger partial charge in [0.15, 0.2) is 31.5 Å². The van der Waals surface area contributed by atoms with Crippen LogP contribution in [0.15, 0.2) is 11.6 Å². The summed E-state index contributed by atoms with van der Waals surface area (Å²) < 4.78 is 61.0. The number of allylic oxidation sites excluding steroid dienone is 1. The molecule has 28 heteroatoms. The van der Waals surface area contributed by atoms with Gasteiger partial charge in [-0.3, -0.25) is 0 Å². The number of fused-ring (bicyclic) bond motifs is 5. The molecule has 0 radical (unpaired) electrons. The van der Waals surface area contributed by atoms with Gasteiger partial charge in [-0.25, -0.2) is 0 Å². The van der Waals surface area contributed by atoms with Crippen LogP contribution in [-0.2, 0) is 47.4 Å². The summed E-state index contributed by atoms with van der Waals surface area (Å²) in [6.45, 7) is 13.4. The molecule has 0 aromatic heterocycles. The summed E-state index contributed by atoms with van der Waals surface area (Å²) in [5, 5.41) is 195. The lowest BCUT2D eigenvalue weighted by Gasteiger charge is -2.71. The van der Waals surface area contributed by atoms with Gasteiger partial charge >= 0.3 is 0 Å². The molecule has 18 N–H and O–H groups in total. The molecule has 5 heterocycles. The smallest absolute Gasteiger partial charge is 0.187 e. The Morgan fingerprint density at radius 2 is 1.00 bits per heavy atom. The Kier molecular flexibility index (Phi) is 22.1. The summed E-state index contributed by atoms with van der Waals surface area (Å²) in [5.74, 6) is -0.848. The fourth-order valence-electron chi connectivity index (χ4n) is 17.6. The van der Waals surface area contributed by atoms with E-state index in [4.69, 9.17) is 47.4 Å². The highest BCUT2D eigenvalue weighted by atomic mass is 16.8. The number of aliphatic hydroxyl groups excluding tert-OH is 18. The van der Waals surface area contributed by atoms with Crippen LogP contribution in [0.1, 0.15) is 113 Å². The lowest BCUT2D eigenvalue weighted by molar-refractivity contribution is -0.382. The van der Waals surface area contributed by atoms with Crippen molar-refractivity contribution in [1.82, 2.24) is 0 Å². The first-order chi connectivity index (χ1) is 41.2. The van der Waals surface area contributed by atoms with Crippen LogP contribution in [0.25, 0.3) is 0 Å². The molecule has 5 saturated heterocycles. The van der Waals surface area contributed by atoms with Crippen LogP contribution in [0.4, 0.5) is 0 Å². The minimum Gasteiger partial charge on any atom is -0.394 e. The molecular formula is C60H102O28. The molecule has 0 amide bonds. The van der Waals surface area contributed by atoms with E-state index in [9.17, 15) is 91.9 Å². The highest BCUT2D eigenvalue weighted by molar-refractivity contribution is 5.21. The summed E-state index contributed by atoms with van der Waals surface area (Å²) in [7, 11) is 0. The molecule has 510 valence electrons. The van der Waals surface area contributed by atoms with Crippen LogP contribution in [-0.4, -0.2) is 296 Å². The molecule has 35 unspecified atom stereocenters. The maximum absolute atomic E-state index is 13.0. The molecule has 4 saturated carbocycles. The zero-order chi connectivity index (χ0) is 64.7. The molecule has 5 aliphatic heterocycles. The lowest BCUT2D eigenvalue weighted by atomic mass is 9.35. The van der Waals surface area contributed by atoms with Crippen molar-refractivity contribution in [3.05, 3.63) is 11.6 Å². The summed E-state index contributed by atoms with van der Waals surface area (Å²) >= 11 is 0. The molecule has 4 aliphatic carbocycles. The average Bonchev–Trinajstić information content (AvgIpc) is 1.22. The van der Waals surface area contributed by atoms with Crippen molar-refractivity contribution in [3.63, 3.8) is 0 Å². The third-order valence-electron chi connectivity index (χ3n) is 23.1. The molecule has 9 fully saturated rings. The van der Waals surface area contributed by atoms with Crippen molar-refractivity contribution in [2.75, 3.05) is 33.0 Å². The predicted molar refractivity (Wildman–Crippen MR) is 299 cm³/mol. The van der Waals surface area contributed by atoms with Gasteiger partial charge in [0.05, 0.1) is 56.9 Å². The number of rotatable bonds is 19. The van der Waals surface area contributed by atoms with Crippen molar-refractivity contribution >= 4 is 0 Å². The molecule has 0 aromatic carbocycles. The lowest BCUT2D eigenvalue weighted by Crippen LogP contribution is -2.68. The predicted octanol–water partition coefficient (Wildman–Crippen LogP) is -4.38. The third kappa shape index (κ3) is 12.7. The molecule has 0 aromatic rings. The maximum atomic E-state index is 13.0. The standard InChI is InChI=1S/C60H102O28/c1-24(19-61)10-9-14-60(8,88-54-49(78)44(73)39(68)30(84-54)22-80-52-47(76)42(71)37(66)28(20-62)82-52)26-11-16-59(7)35(26)27(64)18-33-57(5)15-13-34(56(3,4)32(57)12-17-58(33,59)6)86-55-50(87-53-48(77)43(72)38(67)29(21-63)83-53)45(74)40(69)31(85-55)23-79-51-46(75)41(70)36(65)25(2)81-51/h10,25-55,61-78H,9,11-23H2,1-8H3. The van der Waals surface area contributed by atoms with Crippen LogP contribution in [0.2, 0.25) is 0 Å². The zero-order valence-electron chi connectivity index (χ0n) is 51.5. The van der Waals surface area contributed by atoms with E-state index in [0.29, 0.717) is 56.9 Å². The SMILES string of the molecule is CC(=CCCC(C)(OC1OC(COC2OC(CO)C(O)C(O)C2O)C(O)C(O)C1O)C1CCC2(C)C1C(O)CC1C3(C)CCC(OC4OC(COC5OC(C)C(O)C(O)C5O)C(O)C(O)C4OC4OC(CO)C(O)C(O)C4O)C(C)(C)C3CCC12C)CO. The van der Waals surface area contributed by atoms with Gasteiger partial charge in [0.2, 0.25) is 0 Å². The molecule has 88 heavy (non-hydrogen) atoms. The van der Waals surface area contributed by atoms with Crippen LogP contribution >= 0.6 is 0 Å². The summed E-state index contributed by atoms with van der Waals surface area (Å²) in [5.41, 5.74) is -2.47. The minimum atomic E-state index is -1.90. The first kappa shape index (κ1) is 70.9. The largest absolute Gasteiger partial charge is 0.394 e. The Balaban J connectivity index is 0.945. The van der Waals surface area contributed by atoms with Gasteiger partial charge in [0.1, 0.15) is 116 Å². The van der Waals surface area contributed by atoms with E-state index in [0.717, 1.165) is 6.42 Å². The van der Waals surface area contributed by atoms with Crippen LogP contribution in [0.3, 0.4) is 0 Å². The van der Waals surface area contributed by atoms with E-state index in [1.165, 1.54) is 6.92 Å². The maximum Gasteiger partial charge on any atom is 0.187 e. The fraction of sp³-hybridized carbons (Fsp3) is 0.967. The Morgan fingerprint density at radius 3 is 1.58 bits per heavy atom. The molecule has 28 nitrogen and oxygen atoms in total. The van der Waals surface area contributed by atoms with Crippen molar-refractivity contribution in [1.29, 1.82) is 0 Å². The average molecular weight is 1270 g/mol. The molecule has 0 bridgehead atoms. The van der Waals surface area contributed by atoms with E-state index < -0.39 is 214 Å². The topological polar surface area (TPSA) is 456 Å². The van der Waals surface area contributed by atoms with Crippen molar-refractivity contribution < 1.29 is 139 Å². The van der Waals surface area contributed by atoms with E-state index in [1.807, 2.05) is 13.0 Å². The first-order valence-corrected chi connectivity index (χ1v) is 31.4. The van der Waals surface area contributed by atoms with Gasteiger partial charge in [0, 0.05) is 0 Å². The second-order valence-electron chi connectivity index (χ2n) is 28.5. The van der Waals surface area contributed by atoms with E-state index in [2.05, 4.69) is 34.6 Å². The molecule has 35 atom stereocenters. The van der Waals surface area contributed by atoms with Gasteiger partial charge in [-0.15, -0.1) is 0 Å². The van der Waals surface area contributed by atoms with Crippen molar-refractivity contribution in [2.45, 2.75) is 285 Å².